The maximum atomic E-state index is 13.2. The summed E-state index contributed by atoms with van der Waals surface area (Å²) in [7, 11) is 0. The number of benzene rings is 1. The summed E-state index contributed by atoms with van der Waals surface area (Å²) in [5.41, 5.74) is -0.371. The minimum Gasteiger partial charge on any atom is -0.337 e. The zero-order valence-electron chi connectivity index (χ0n) is 19.1. The highest BCUT2D eigenvalue weighted by molar-refractivity contribution is 6.31. The molecule has 1 fully saturated rings. The summed E-state index contributed by atoms with van der Waals surface area (Å²) in [4.78, 5) is 78.0. The quantitative estimate of drug-likeness (QED) is 0.562. The lowest BCUT2D eigenvalue weighted by Gasteiger charge is -2.34. The van der Waals surface area contributed by atoms with Crippen LogP contribution in [0.4, 0.5) is 5.95 Å². The SMILES string of the molecule is O=C1C2=C(C2)C(=O)c2c1c(=O)[nH]c(=O)n2Cc1cccc(C(=O)N2CCN(c3ncccn3)CC2)c1. The van der Waals surface area contributed by atoms with E-state index < -0.39 is 22.8 Å². The van der Waals surface area contributed by atoms with Crippen LogP contribution in [0.15, 0.2) is 63.5 Å². The largest absolute Gasteiger partial charge is 0.337 e. The number of nitrogens with one attached hydrogen (secondary N) is 1. The molecule has 0 saturated carbocycles. The predicted molar refractivity (Wildman–Crippen MR) is 127 cm³/mol. The van der Waals surface area contributed by atoms with Crippen molar-refractivity contribution in [2.75, 3.05) is 31.1 Å². The maximum absolute atomic E-state index is 13.2. The second-order valence-corrected chi connectivity index (χ2v) is 8.89. The lowest BCUT2D eigenvalue weighted by atomic mass is 10.0. The summed E-state index contributed by atoms with van der Waals surface area (Å²) < 4.78 is 1.11. The third kappa shape index (κ3) is 3.56. The van der Waals surface area contributed by atoms with E-state index in [1.807, 2.05) is 4.90 Å². The molecule has 1 N–H and O–H groups in total. The lowest BCUT2D eigenvalue weighted by molar-refractivity contribution is 0.0745. The van der Waals surface area contributed by atoms with Crippen LogP contribution >= 0.6 is 0 Å². The second kappa shape index (κ2) is 8.22. The van der Waals surface area contributed by atoms with Gasteiger partial charge in [-0.25, -0.2) is 14.8 Å². The Morgan fingerprint density at radius 3 is 2.39 bits per heavy atom. The number of nitrogens with zero attached hydrogens (tertiary/aromatic N) is 5. The van der Waals surface area contributed by atoms with Gasteiger partial charge in [0.1, 0.15) is 11.3 Å². The van der Waals surface area contributed by atoms with Crippen molar-refractivity contribution in [3.63, 3.8) is 0 Å². The first kappa shape index (κ1) is 21.8. The number of anilines is 1. The fourth-order valence-electron chi connectivity index (χ4n) is 4.76. The maximum Gasteiger partial charge on any atom is 0.329 e. The Hall–Kier alpha value is -4.67. The number of hydrogen-bond donors (Lipinski definition) is 1. The molecule has 0 atom stereocenters. The Morgan fingerprint density at radius 2 is 1.64 bits per heavy atom. The van der Waals surface area contributed by atoms with Gasteiger partial charge >= 0.3 is 5.69 Å². The number of allylic oxidation sites excluding steroid dienone is 2. The molecule has 0 unspecified atom stereocenters. The number of ketones is 2. The number of amides is 1. The van der Waals surface area contributed by atoms with Gasteiger partial charge in [0.2, 0.25) is 11.7 Å². The monoisotopic (exact) mass is 484 g/mol. The summed E-state index contributed by atoms with van der Waals surface area (Å²) in [5.74, 6) is -0.488. The molecule has 0 spiro atoms. The van der Waals surface area contributed by atoms with E-state index >= 15 is 0 Å². The fourth-order valence-corrected chi connectivity index (χ4v) is 4.76. The van der Waals surface area contributed by atoms with Crippen LogP contribution in [0.5, 0.6) is 0 Å². The molecular formula is C25H20N6O5. The fraction of sp³-hybridized carbons (Fsp3) is 0.240. The second-order valence-electron chi connectivity index (χ2n) is 8.89. The minimum atomic E-state index is -0.855. The first-order valence-electron chi connectivity index (χ1n) is 11.5. The number of aromatic nitrogens is 4. The minimum absolute atomic E-state index is 0.0696. The first-order chi connectivity index (χ1) is 17.4. The molecule has 1 aliphatic heterocycles. The number of aromatic amines is 1. The Labute approximate surface area is 203 Å². The molecule has 180 valence electrons. The molecule has 3 heterocycles. The number of hydrogen-bond acceptors (Lipinski definition) is 8. The molecule has 2 aromatic heterocycles. The molecule has 1 aromatic carbocycles. The number of H-pyrrole nitrogens is 1. The standard InChI is InChI=1S/C25H20N6O5/c32-20-16-12-17(16)21(33)19-18(20)22(34)28-25(36)31(19)13-14-3-1-4-15(11-14)23(35)29-7-9-30(10-8-29)24-26-5-2-6-27-24/h1-6,11H,7-10,12-13H2,(H,28,34,36). The Kier molecular flexibility index (Phi) is 4.99. The van der Waals surface area contributed by atoms with Crippen LogP contribution in [0.3, 0.4) is 0 Å². The Balaban J connectivity index is 1.24. The number of carbonyl (C=O) groups is 3. The van der Waals surface area contributed by atoms with Crippen molar-refractivity contribution >= 4 is 23.4 Å². The molecule has 6 rings (SSSR count). The van der Waals surface area contributed by atoms with Crippen molar-refractivity contribution < 1.29 is 14.4 Å². The van der Waals surface area contributed by atoms with Crippen LogP contribution in [0, 0.1) is 0 Å². The van der Waals surface area contributed by atoms with Crippen molar-refractivity contribution in [2.45, 2.75) is 13.0 Å². The normalized spacial score (nSPS) is 16.7. The third-order valence-corrected chi connectivity index (χ3v) is 6.70. The first-order valence-corrected chi connectivity index (χ1v) is 11.5. The number of piperazine rings is 1. The number of Topliss-reactive ketones (excluding diaryl/α,β-unsaturated/α-hetero) is 2. The van der Waals surface area contributed by atoms with Crippen molar-refractivity contribution in [2.24, 2.45) is 0 Å². The van der Waals surface area contributed by atoms with Gasteiger partial charge in [-0.05, 0) is 23.8 Å². The smallest absolute Gasteiger partial charge is 0.329 e. The summed E-state index contributed by atoms with van der Waals surface area (Å²) in [6, 6.07) is 8.54. The molecule has 0 bridgehead atoms. The van der Waals surface area contributed by atoms with Gasteiger partial charge in [-0.15, -0.1) is 0 Å². The molecule has 1 amide bonds. The van der Waals surface area contributed by atoms with Crippen LogP contribution in [-0.2, 0) is 6.54 Å². The van der Waals surface area contributed by atoms with E-state index in [-0.39, 0.29) is 30.1 Å². The van der Waals surface area contributed by atoms with Gasteiger partial charge in [0.25, 0.3) is 11.5 Å². The molecule has 3 aliphatic rings. The zero-order valence-corrected chi connectivity index (χ0v) is 19.1. The van der Waals surface area contributed by atoms with Gasteiger partial charge in [0.05, 0.1) is 6.54 Å². The van der Waals surface area contributed by atoms with Crippen LogP contribution in [0.2, 0.25) is 0 Å². The molecule has 1 saturated heterocycles. The van der Waals surface area contributed by atoms with Crippen molar-refractivity contribution in [3.8, 4) is 0 Å². The van der Waals surface area contributed by atoms with E-state index in [2.05, 4.69) is 15.0 Å². The van der Waals surface area contributed by atoms with Crippen molar-refractivity contribution in [3.05, 3.63) is 97.1 Å². The van der Waals surface area contributed by atoms with Gasteiger partial charge in [0, 0.05) is 61.7 Å². The highest BCUT2D eigenvalue weighted by atomic mass is 16.2. The Bertz CT molecular complexity index is 1600. The van der Waals surface area contributed by atoms with E-state index in [1.165, 1.54) is 0 Å². The van der Waals surface area contributed by atoms with Gasteiger partial charge < -0.3 is 9.80 Å². The predicted octanol–water partition coefficient (Wildman–Crippen LogP) is 0.417. The van der Waals surface area contributed by atoms with Crippen molar-refractivity contribution in [1.82, 2.24) is 24.4 Å². The van der Waals surface area contributed by atoms with Crippen LogP contribution < -0.4 is 16.1 Å². The average molecular weight is 484 g/mol. The van der Waals surface area contributed by atoms with Crippen LogP contribution in [0.25, 0.3) is 0 Å². The molecule has 3 aromatic rings. The number of rotatable bonds is 4. The van der Waals surface area contributed by atoms with E-state index in [9.17, 15) is 24.0 Å². The molecule has 0 radical (unpaired) electrons. The third-order valence-electron chi connectivity index (χ3n) is 6.70. The summed E-state index contributed by atoms with van der Waals surface area (Å²) in [5, 5.41) is 0. The zero-order chi connectivity index (χ0) is 25.0. The topological polar surface area (TPSA) is 138 Å². The molecule has 2 aliphatic carbocycles. The van der Waals surface area contributed by atoms with Gasteiger partial charge in [0.15, 0.2) is 5.78 Å². The molecule has 11 nitrogen and oxygen atoms in total. The Morgan fingerprint density at radius 1 is 0.917 bits per heavy atom. The van der Waals surface area contributed by atoms with E-state index in [0.717, 1.165) is 4.57 Å². The highest BCUT2D eigenvalue weighted by Gasteiger charge is 2.44. The lowest BCUT2D eigenvalue weighted by Crippen LogP contribution is -2.49. The van der Waals surface area contributed by atoms with E-state index in [4.69, 9.17) is 0 Å². The van der Waals surface area contributed by atoms with Gasteiger partial charge in [-0.1, -0.05) is 12.1 Å². The van der Waals surface area contributed by atoms with Crippen molar-refractivity contribution in [1.29, 1.82) is 0 Å². The number of carbonyl (C=O) groups excluding carboxylic acids is 3. The molecule has 11 heteroatoms. The molecular weight excluding hydrogens is 464 g/mol. The molecule has 36 heavy (non-hydrogen) atoms. The van der Waals surface area contributed by atoms with Gasteiger partial charge in [-0.2, -0.15) is 0 Å². The van der Waals surface area contributed by atoms with Crippen LogP contribution in [0.1, 0.15) is 43.2 Å². The summed E-state index contributed by atoms with van der Waals surface area (Å²) >= 11 is 0. The summed E-state index contributed by atoms with van der Waals surface area (Å²) in [6.45, 7) is 2.13. The summed E-state index contributed by atoms with van der Waals surface area (Å²) in [6.07, 6.45) is 3.61. The van der Waals surface area contributed by atoms with Gasteiger partial charge in [-0.3, -0.25) is 28.7 Å². The van der Waals surface area contributed by atoms with E-state index in [1.54, 1.807) is 47.6 Å². The number of fused-ring (bicyclic) bond motifs is 1. The average Bonchev–Trinajstić information content (AvgIpc) is 3.71. The van der Waals surface area contributed by atoms with Crippen LogP contribution in [-0.4, -0.2) is 68.1 Å². The highest BCUT2D eigenvalue weighted by Crippen LogP contribution is 2.40. The van der Waals surface area contributed by atoms with E-state index in [0.29, 0.717) is 54.4 Å².